The minimum atomic E-state index is -1.48. The molecular weight excluding hydrogens is 340 g/mol. The van der Waals surface area contributed by atoms with Crippen LogP contribution < -0.4 is 15.4 Å². The Labute approximate surface area is 149 Å². The molecule has 2 aliphatic heterocycles. The first-order valence-corrected chi connectivity index (χ1v) is 9.73. The zero-order chi connectivity index (χ0) is 17.4. The Bertz CT molecular complexity index is 773. The molecule has 4 heterocycles. The van der Waals surface area contributed by atoms with Crippen molar-refractivity contribution in [1.82, 2.24) is 19.2 Å². The molecule has 2 aromatic heterocycles. The van der Waals surface area contributed by atoms with E-state index < -0.39 is 11.5 Å². The van der Waals surface area contributed by atoms with Crippen molar-refractivity contribution < 1.29 is 9.35 Å². The Morgan fingerprint density at radius 3 is 2.88 bits per heavy atom. The average Bonchev–Trinajstić information content (AvgIpc) is 3.34. The fourth-order valence-electron chi connectivity index (χ4n) is 3.59. The van der Waals surface area contributed by atoms with E-state index in [2.05, 4.69) is 15.3 Å². The molecule has 8 nitrogen and oxygen atoms in total. The number of rotatable bonds is 4. The highest BCUT2D eigenvalue weighted by Crippen LogP contribution is 2.23. The normalized spacial score (nSPS) is 22.6. The quantitative estimate of drug-likeness (QED) is 0.758. The van der Waals surface area contributed by atoms with Crippen LogP contribution in [0, 0.1) is 0 Å². The summed E-state index contributed by atoms with van der Waals surface area (Å²) in [4.78, 5) is 15.0. The number of pyridine rings is 1. The minimum Gasteiger partial charge on any atom is -0.579 e. The number of carbonyl (C=O) groups excluding carboxylic acids is 1. The number of carbonyl (C=O) groups is 1. The fourth-order valence-corrected chi connectivity index (χ4v) is 4.20. The summed E-state index contributed by atoms with van der Waals surface area (Å²) in [7, 11) is 0. The smallest absolute Gasteiger partial charge is 0.255 e. The number of hydrogen-bond donors (Lipinski definition) is 2. The molecule has 0 spiro atoms. The summed E-state index contributed by atoms with van der Waals surface area (Å²) in [6, 6.07) is 4.03. The first-order valence-electron chi connectivity index (χ1n) is 8.56. The van der Waals surface area contributed by atoms with Crippen LogP contribution in [-0.4, -0.2) is 56.6 Å². The summed E-state index contributed by atoms with van der Waals surface area (Å²) in [6.45, 7) is 3.25. The van der Waals surface area contributed by atoms with Gasteiger partial charge in [0.25, 0.3) is 5.91 Å². The van der Waals surface area contributed by atoms with Gasteiger partial charge in [-0.1, -0.05) is 0 Å². The molecule has 2 unspecified atom stereocenters. The van der Waals surface area contributed by atoms with Crippen LogP contribution in [0.25, 0.3) is 5.52 Å². The topological polar surface area (TPSA) is 102 Å². The number of aromatic nitrogens is 2. The Hall–Kier alpha value is -1.81. The highest BCUT2D eigenvalue weighted by Gasteiger charge is 2.31. The average molecular weight is 362 g/mol. The van der Waals surface area contributed by atoms with E-state index in [0.717, 1.165) is 30.7 Å². The van der Waals surface area contributed by atoms with E-state index in [1.54, 1.807) is 15.0 Å². The second kappa shape index (κ2) is 6.83. The molecule has 0 aromatic carbocycles. The maximum Gasteiger partial charge on any atom is 0.255 e. The molecule has 0 saturated carbocycles. The van der Waals surface area contributed by atoms with Gasteiger partial charge in [0.15, 0.2) is 0 Å². The Kier molecular flexibility index (Phi) is 4.55. The summed E-state index contributed by atoms with van der Waals surface area (Å²) in [5.41, 5.74) is 2.50. The third-order valence-corrected chi connectivity index (χ3v) is 5.80. The lowest BCUT2D eigenvalue weighted by Crippen LogP contribution is -2.40. The van der Waals surface area contributed by atoms with E-state index in [1.165, 1.54) is 12.8 Å². The van der Waals surface area contributed by atoms with E-state index in [-0.39, 0.29) is 11.9 Å². The summed E-state index contributed by atoms with van der Waals surface area (Å²) in [5, 5.41) is 12.7. The van der Waals surface area contributed by atoms with E-state index in [4.69, 9.17) is 5.14 Å². The molecule has 4 rings (SSSR count). The molecule has 0 aliphatic carbocycles. The molecular formula is C16H22N6O2S. The number of amides is 1. The highest BCUT2D eigenvalue weighted by molar-refractivity contribution is 7.86. The molecule has 2 saturated heterocycles. The van der Waals surface area contributed by atoms with Crippen LogP contribution in [0.2, 0.25) is 0 Å². The third kappa shape index (κ3) is 3.32. The summed E-state index contributed by atoms with van der Waals surface area (Å²) in [6.07, 6.45) is 6.66. The summed E-state index contributed by atoms with van der Waals surface area (Å²) < 4.78 is 14.7. The molecule has 2 aliphatic rings. The fraction of sp³-hybridized carbons (Fsp3) is 0.500. The van der Waals surface area contributed by atoms with Crippen LogP contribution in [0.3, 0.4) is 0 Å². The highest BCUT2D eigenvalue weighted by atomic mass is 32.2. The number of nitrogens with zero attached hydrogens (tertiary/aromatic N) is 4. The number of nitrogens with two attached hydrogens (primary N) is 1. The first kappa shape index (κ1) is 16.6. The Morgan fingerprint density at radius 2 is 2.16 bits per heavy atom. The Morgan fingerprint density at radius 1 is 1.36 bits per heavy atom. The van der Waals surface area contributed by atoms with Crippen LogP contribution in [0.4, 0.5) is 5.69 Å². The molecule has 0 bridgehead atoms. The molecule has 2 atom stereocenters. The number of nitrogens with one attached hydrogen (secondary N) is 1. The monoisotopic (exact) mass is 362 g/mol. The largest absolute Gasteiger partial charge is 0.579 e. The van der Waals surface area contributed by atoms with Gasteiger partial charge in [-0.15, -0.1) is 9.44 Å². The van der Waals surface area contributed by atoms with Gasteiger partial charge in [0.2, 0.25) is 0 Å². The van der Waals surface area contributed by atoms with Crippen molar-refractivity contribution in [3.8, 4) is 0 Å². The van der Waals surface area contributed by atoms with Crippen LogP contribution >= 0.6 is 0 Å². The Balaban J connectivity index is 1.52. The van der Waals surface area contributed by atoms with Gasteiger partial charge in [-0.05, 0) is 31.4 Å². The van der Waals surface area contributed by atoms with Gasteiger partial charge in [-0.2, -0.15) is 5.10 Å². The van der Waals surface area contributed by atoms with Crippen LogP contribution in [0.1, 0.15) is 29.6 Å². The molecule has 1 amide bonds. The van der Waals surface area contributed by atoms with Gasteiger partial charge in [0, 0.05) is 37.6 Å². The molecule has 134 valence electrons. The van der Waals surface area contributed by atoms with Crippen molar-refractivity contribution in [2.75, 3.05) is 31.1 Å². The van der Waals surface area contributed by atoms with Crippen molar-refractivity contribution in [1.29, 1.82) is 0 Å². The first-order chi connectivity index (χ1) is 12.1. The number of hydrogen-bond acceptors (Lipinski definition) is 6. The van der Waals surface area contributed by atoms with Gasteiger partial charge in [-0.3, -0.25) is 4.79 Å². The van der Waals surface area contributed by atoms with Crippen molar-refractivity contribution in [2.24, 2.45) is 5.14 Å². The van der Waals surface area contributed by atoms with Gasteiger partial charge >= 0.3 is 0 Å². The predicted molar refractivity (Wildman–Crippen MR) is 96.4 cm³/mol. The molecule has 0 radical (unpaired) electrons. The van der Waals surface area contributed by atoms with Gasteiger partial charge in [-0.25, -0.2) is 4.52 Å². The maximum atomic E-state index is 12.7. The number of anilines is 1. The van der Waals surface area contributed by atoms with E-state index >= 15 is 0 Å². The van der Waals surface area contributed by atoms with Crippen molar-refractivity contribution in [2.45, 2.75) is 25.3 Å². The summed E-state index contributed by atoms with van der Waals surface area (Å²) in [5.74, 6) is -0.150. The molecule has 9 heteroatoms. The van der Waals surface area contributed by atoms with Gasteiger partial charge < -0.3 is 14.8 Å². The van der Waals surface area contributed by atoms with Crippen LogP contribution in [0.5, 0.6) is 0 Å². The molecule has 2 fully saturated rings. The van der Waals surface area contributed by atoms with Crippen LogP contribution in [-0.2, 0) is 11.5 Å². The molecule has 3 N–H and O–H groups in total. The van der Waals surface area contributed by atoms with Crippen molar-refractivity contribution >= 4 is 28.7 Å². The predicted octanol–water partition coefficient (Wildman–Crippen LogP) is 0.276. The summed E-state index contributed by atoms with van der Waals surface area (Å²) >= 11 is -1.48. The lowest BCUT2D eigenvalue weighted by Gasteiger charge is -2.18. The van der Waals surface area contributed by atoms with Crippen molar-refractivity contribution in [3.63, 3.8) is 0 Å². The second-order valence-electron chi connectivity index (χ2n) is 6.59. The third-order valence-electron chi connectivity index (χ3n) is 4.96. The van der Waals surface area contributed by atoms with E-state index in [0.29, 0.717) is 18.7 Å². The lowest BCUT2D eigenvalue weighted by molar-refractivity contribution is 0.0940. The van der Waals surface area contributed by atoms with E-state index in [1.807, 2.05) is 18.3 Å². The minimum absolute atomic E-state index is 0.0447. The van der Waals surface area contributed by atoms with E-state index in [9.17, 15) is 9.35 Å². The van der Waals surface area contributed by atoms with Gasteiger partial charge in [0.1, 0.15) is 11.5 Å². The van der Waals surface area contributed by atoms with Gasteiger partial charge in [0.05, 0.1) is 23.8 Å². The maximum absolute atomic E-state index is 12.7. The SMILES string of the molecule is N[S+]([O-])N1CCC(NC(=O)c2cnn3ccc(N4CCCC4)cc23)C1. The van der Waals surface area contributed by atoms with Crippen molar-refractivity contribution in [3.05, 3.63) is 30.1 Å². The molecule has 2 aromatic rings. The zero-order valence-corrected chi connectivity index (χ0v) is 14.7. The molecule has 25 heavy (non-hydrogen) atoms. The van der Waals surface area contributed by atoms with Crippen LogP contribution in [0.15, 0.2) is 24.5 Å². The standard InChI is InChI=1S/C16H22N6O2S/c17-25(24)21-7-3-12(11-21)19-16(23)14-10-18-22-8-4-13(9-15(14)22)20-5-1-2-6-20/h4,8-10,12H,1-3,5-7,11,17H2,(H,19,23). The zero-order valence-electron chi connectivity index (χ0n) is 13.9. The lowest BCUT2D eigenvalue weighted by atomic mass is 10.2. The second-order valence-corrected chi connectivity index (χ2v) is 7.66. The number of fused-ring (bicyclic) bond motifs is 1.